The first kappa shape index (κ1) is 20.2. The summed E-state index contributed by atoms with van der Waals surface area (Å²) in [6, 6.07) is 0. The van der Waals surface area contributed by atoms with Crippen LogP contribution in [0.5, 0.6) is 0 Å². The molecule has 1 amide bonds. The summed E-state index contributed by atoms with van der Waals surface area (Å²) in [6.45, 7) is 4.16. The number of nitrogens with zero attached hydrogens (tertiary/aromatic N) is 2. The van der Waals surface area contributed by atoms with E-state index < -0.39 is 29.8 Å². The molecule has 0 saturated heterocycles. The summed E-state index contributed by atoms with van der Waals surface area (Å²) in [5, 5.41) is 5.22. The van der Waals surface area contributed by atoms with E-state index in [4.69, 9.17) is 14.2 Å². The molecule has 1 unspecified atom stereocenters. The molecule has 148 valence electrons. The highest BCUT2D eigenvalue weighted by Crippen LogP contribution is 2.28. The molecule has 27 heavy (non-hydrogen) atoms. The van der Waals surface area contributed by atoms with Gasteiger partial charge < -0.3 is 19.5 Å². The third-order valence-electron chi connectivity index (χ3n) is 3.27. The first-order valence-corrected chi connectivity index (χ1v) is 8.12. The predicted octanol–water partition coefficient (Wildman–Crippen LogP) is -0.266. The number of H-pyrrole nitrogens is 1. The summed E-state index contributed by atoms with van der Waals surface area (Å²) in [6.07, 6.45) is -0.779. The molecule has 1 aliphatic heterocycles. The van der Waals surface area contributed by atoms with Gasteiger partial charge in [0.25, 0.3) is 12.0 Å². The normalized spacial score (nSPS) is 13.4. The Morgan fingerprint density at radius 2 is 1.96 bits per heavy atom. The van der Waals surface area contributed by atoms with Crippen molar-refractivity contribution < 1.29 is 28.6 Å². The Hall–Kier alpha value is -3.15. The molecule has 0 radical (unpaired) electrons. The lowest BCUT2D eigenvalue weighted by atomic mass is 10.4. The summed E-state index contributed by atoms with van der Waals surface area (Å²) in [7, 11) is 0. The fourth-order valence-corrected chi connectivity index (χ4v) is 2.26. The smallest absolute Gasteiger partial charge is 0.306 e. The number of carbonyl (C=O) groups is 3. The van der Waals surface area contributed by atoms with E-state index >= 15 is 0 Å². The molecule has 0 aromatic carbocycles. The minimum absolute atomic E-state index is 0.0450. The van der Waals surface area contributed by atoms with Crippen LogP contribution in [0.3, 0.4) is 0 Å². The molecule has 12 heteroatoms. The number of rotatable bonds is 8. The summed E-state index contributed by atoms with van der Waals surface area (Å²) in [5.74, 6) is -1.29. The van der Waals surface area contributed by atoms with Crippen molar-refractivity contribution in [1.82, 2.24) is 9.97 Å². The first-order chi connectivity index (χ1) is 12.8. The number of hydrogen-bond acceptors (Lipinski definition) is 10. The summed E-state index contributed by atoms with van der Waals surface area (Å²) < 4.78 is 15.5. The highest BCUT2D eigenvalue weighted by molar-refractivity contribution is 5.87. The molecule has 1 aliphatic rings. The highest BCUT2D eigenvalue weighted by atomic mass is 16.7. The fourth-order valence-electron chi connectivity index (χ4n) is 2.26. The molecule has 1 aromatic rings. The van der Waals surface area contributed by atoms with Gasteiger partial charge in [0.1, 0.15) is 5.69 Å². The largest absolute Gasteiger partial charge is 0.466 e. The van der Waals surface area contributed by atoms with Crippen molar-refractivity contribution in [1.29, 1.82) is 0 Å². The summed E-state index contributed by atoms with van der Waals surface area (Å²) >= 11 is 0. The number of ether oxygens (including phenoxy) is 3. The minimum atomic E-state index is -1.16. The Kier molecular flexibility index (Phi) is 6.71. The lowest BCUT2D eigenvalue weighted by molar-refractivity contribution is -0.176. The lowest BCUT2D eigenvalue weighted by Crippen LogP contribution is -2.41. The number of hydrogen-bond donors (Lipinski definition) is 3. The molecule has 0 aliphatic carbocycles. The average molecular weight is 383 g/mol. The number of aromatic nitrogens is 2. The van der Waals surface area contributed by atoms with E-state index in [9.17, 15) is 19.2 Å². The van der Waals surface area contributed by atoms with Crippen LogP contribution >= 0.6 is 0 Å². The third kappa shape index (κ3) is 5.67. The van der Waals surface area contributed by atoms with Crippen LogP contribution < -0.4 is 21.1 Å². The van der Waals surface area contributed by atoms with Crippen LogP contribution in [0.15, 0.2) is 4.79 Å². The van der Waals surface area contributed by atoms with E-state index in [1.807, 2.05) is 0 Å². The number of carbonyl (C=O) groups excluding carboxylic acids is 3. The average Bonchev–Trinajstić information content (AvgIpc) is 2.96. The molecular weight excluding hydrogens is 362 g/mol. The first-order valence-electron chi connectivity index (χ1n) is 8.12. The second-order valence-corrected chi connectivity index (χ2v) is 5.58. The van der Waals surface area contributed by atoms with Crippen LogP contribution in [0.25, 0.3) is 0 Å². The zero-order valence-corrected chi connectivity index (χ0v) is 15.2. The topological polar surface area (TPSA) is 152 Å². The number of anilines is 3. The summed E-state index contributed by atoms with van der Waals surface area (Å²) in [4.78, 5) is 53.5. The zero-order chi connectivity index (χ0) is 20.0. The van der Waals surface area contributed by atoms with Gasteiger partial charge in [-0.3, -0.25) is 34.4 Å². The molecular formula is C15H21N5O7. The highest BCUT2D eigenvalue weighted by Gasteiger charge is 2.32. The van der Waals surface area contributed by atoms with Gasteiger partial charge in [-0.1, -0.05) is 0 Å². The van der Waals surface area contributed by atoms with Gasteiger partial charge in [0.05, 0.1) is 19.9 Å². The number of amides is 1. The van der Waals surface area contributed by atoms with Crippen molar-refractivity contribution in [3.63, 3.8) is 0 Å². The van der Waals surface area contributed by atoms with Gasteiger partial charge in [0, 0.05) is 27.2 Å². The third-order valence-corrected chi connectivity index (χ3v) is 3.27. The fraction of sp³-hybridized carbons (Fsp3) is 0.533. The number of nitrogens with one attached hydrogen (secondary N) is 3. The molecule has 3 N–H and O–H groups in total. The van der Waals surface area contributed by atoms with Crippen LogP contribution in [0.1, 0.15) is 27.2 Å². The Bertz CT molecular complexity index is 778. The van der Waals surface area contributed by atoms with Crippen LogP contribution in [-0.4, -0.2) is 54.1 Å². The minimum Gasteiger partial charge on any atom is -0.466 e. The van der Waals surface area contributed by atoms with Crippen molar-refractivity contribution in [2.75, 3.05) is 35.4 Å². The van der Waals surface area contributed by atoms with Crippen LogP contribution in [0, 0.1) is 0 Å². The molecule has 0 bridgehead atoms. The molecule has 12 nitrogen and oxygen atoms in total. The standard InChI is InChI=1S/C15H21N5O7/c1-8(21)17-14-18-12-11(13(24)19-14)16-7-20(12)15(27-10(3)23)26-6-4-5-25-9(2)22/h15-16H,4-7H2,1-3H3,(H2,17,18,19,21,24). The van der Waals surface area contributed by atoms with Crippen molar-refractivity contribution in [3.05, 3.63) is 10.4 Å². The van der Waals surface area contributed by atoms with Crippen molar-refractivity contribution >= 4 is 35.3 Å². The molecule has 0 fully saturated rings. The Morgan fingerprint density at radius 3 is 2.59 bits per heavy atom. The van der Waals surface area contributed by atoms with E-state index in [1.54, 1.807) is 0 Å². The van der Waals surface area contributed by atoms with E-state index in [0.29, 0.717) is 6.42 Å². The quantitative estimate of drug-likeness (QED) is 0.311. The van der Waals surface area contributed by atoms with E-state index in [-0.39, 0.29) is 37.3 Å². The van der Waals surface area contributed by atoms with Gasteiger partial charge in [-0.25, -0.2) is 0 Å². The van der Waals surface area contributed by atoms with Crippen molar-refractivity contribution in [2.45, 2.75) is 33.6 Å². The monoisotopic (exact) mass is 383 g/mol. The SMILES string of the molecule is CC(=O)Nc1nc2c(c(=O)[nH]1)NCN2C(OCCCOC(C)=O)OC(C)=O. The maximum atomic E-state index is 12.1. The maximum Gasteiger partial charge on any atom is 0.306 e. The molecule has 0 spiro atoms. The van der Waals surface area contributed by atoms with Crippen LogP contribution in [-0.2, 0) is 28.6 Å². The van der Waals surface area contributed by atoms with E-state index in [1.165, 1.54) is 25.7 Å². The second kappa shape index (κ2) is 8.98. The molecule has 0 saturated carbocycles. The van der Waals surface area contributed by atoms with Crippen LogP contribution in [0.2, 0.25) is 0 Å². The molecule has 1 atom stereocenters. The Morgan fingerprint density at radius 1 is 1.22 bits per heavy atom. The van der Waals surface area contributed by atoms with Gasteiger partial charge >= 0.3 is 11.9 Å². The number of aromatic amines is 1. The number of fused-ring (bicyclic) bond motifs is 1. The van der Waals surface area contributed by atoms with E-state index in [2.05, 4.69) is 20.6 Å². The zero-order valence-electron chi connectivity index (χ0n) is 15.2. The number of esters is 2. The van der Waals surface area contributed by atoms with Gasteiger partial charge in [0.2, 0.25) is 11.9 Å². The predicted molar refractivity (Wildman–Crippen MR) is 92.9 cm³/mol. The summed E-state index contributed by atoms with van der Waals surface area (Å²) in [5.41, 5.74) is -0.340. The van der Waals surface area contributed by atoms with Crippen molar-refractivity contribution in [2.24, 2.45) is 0 Å². The lowest BCUT2D eigenvalue weighted by Gasteiger charge is -2.27. The van der Waals surface area contributed by atoms with Crippen molar-refractivity contribution in [3.8, 4) is 0 Å². The van der Waals surface area contributed by atoms with Crippen LogP contribution in [0.4, 0.5) is 17.5 Å². The molecule has 2 rings (SSSR count). The Balaban J connectivity index is 2.14. The van der Waals surface area contributed by atoms with Gasteiger partial charge in [-0.15, -0.1) is 0 Å². The van der Waals surface area contributed by atoms with Gasteiger partial charge in [-0.2, -0.15) is 4.98 Å². The molecule has 1 aromatic heterocycles. The maximum absolute atomic E-state index is 12.1. The van der Waals surface area contributed by atoms with Gasteiger partial charge in [-0.05, 0) is 0 Å². The van der Waals surface area contributed by atoms with E-state index in [0.717, 1.165) is 0 Å². The van der Waals surface area contributed by atoms with Gasteiger partial charge in [0.15, 0.2) is 5.82 Å². The molecule has 2 heterocycles. The Labute approximate surface area is 154 Å². The second-order valence-electron chi connectivity index (χ2n) is 5.58.